The molecule has 1 aromatic rings. The highest BCUT2D eigenvalue weighted by molar-refractivity contribution is 5.97. The summed E-state index contributed by atoms with van der Waals surface area (Å²) in [4.78, 5) is 31.9. The third kappa shape index (κ3) is 3.29. The lowest BCUT2D eigenvalue weighted by Crippen LogP contribution is -2.58. The van der Waals surface area contributed by atoms with Gasteiger partial charge in [0.2, 0.25) is 5.91 Å². The van der Waals surface area contributed by atoms with Gasteiger partial charge in [-0.15, -0.1) is 0 Å². The second-order valence-electron chi connectivity index (χ2n) is 9.44. The van der Waals surface area contributed by atoms with Crippen LogP contribution in [0.4, 0.5) is 10.5 Å². The first kappa shape index (κ1) is 19.9. The van der Waals surface area contributed by atoms with Crippen LogP contribution in [0.15, 0.2) is 30.3 Å². The number of nitrogens with zero attached hydrogens (tertiary/aromatic N) is 3. The summed E-state index contributed by atoms with van der Waals surface area (Å²) in [5.41, 5.74) is 1.04. The van der Waals surface area contributed by atoms with Gasteiger partial charge in [0, 0.05) is 43.3 Å². The van der Waals surface area contributed by atoms with Gasteiger partial charge in [-0.05, 0) is 64.0 Å². The monoisotopic (exact) mass is 411 g/mol. The van der Waals surface area contributed by atoms with Gasteiger partial charge in [0.1, 0.15) is 0 Å². The van der Waals surface area contributed by atoms with Crippen molar-refractivity contribution in [3.63, 3.8) is 0 Å². The van der Waals surface area contributed by atoms with Crippen LogP contribution in [0.25, 0.3) is 0 Å². The highest BCUT2D eigenvalue weighted by Crippen LogP contribution is 2.44. The first-order valence-corrected chi connectivity index (χ1v) is 11.7. The lowest BCUT2D eigenvalue weighted by Gasteiger charge is -2.49. The normalized spacial score (nSPS) is 30.8. The Morgan fingerprint density at radius 3 is 2.33 bits per heavy atom. The number of rotatable bonds is 3. The van der Waals surface area contributed by atoms with Crippen molar-refractivity contribution in [3.8, 4) is 0 Å². The summed E-state index contributed by atoms with van der Waals surface area (Å²) in [5, 5.41) is 0. The van der Waals surface area contributed by atoms with Gasteiger partial charge >= 0.3 is 6.09 Å². The number of piperidine rings is 2. The number of fused-ring (bicyclic) bond motifs is 2. The van der Waals surface area contributed by atoms with Crippen molar-refractivity contribution >= 4 is 17.7 Å². The number of anilines is 1. The van der Waals surface area contributed by atoms with E-state index in [2.05, 4.69) is 21.9 Å². The molecule has 0 aliphatic carbocycles. The molecule has 4 saturated heterocycles. The smallest absolute Gasteiger partial charge is 0.410 e. The number of ether oxygens (including phenoxy) is 1. The van der Waals surface area contributed by atoms with Gasteiger partial charge in [0.05, 0.1) is 12.1 Å². The van der Waals surface area contributed by atoms with Crippen molar-refractivity contribution in [2.24, 2.45) is 0 Å². The Labute approximate surface area is 179 Å². The van der Waals surface area contributed by atoms with E-state index in [1.54, 1.807) is 0 Å². The Balaban J connectivity index is 1.25. The van der Waals surface area contributed by atoms with E-state index in [1.807, 2.05) is 30.0 Å². The van der Waals surface area contributed by atoms with Crippen LogP contribution in [-0.2, 0) is 9.53 Å². The van der Waals surface area contributed by atoms with E-state index in [0.717, 1.165) is 63.7 Å². The maximum Gasteiger partial charge on any atom is 0.410 e. The molecule has 4 fully saturated rings. The lowest BCUT2D eigenvalue weighted by atomic mass is 9.83. The first-order valence-electron chi connectivity index (χ1n) is 11.7. The first-order chi connectivity index (χ1) is 14.6. The number of carbonyl (C=O) groups excluding carboxylic acids is 2. The van der Waals surface area contributed by atoms with Crippen molar-refractivity contribution < 1.29 is 14.3 Å². The van der Waals surface area contributed by atoms with Gasteiger partial charge in [0.25, 0.3) is 0 Å². The largest absolute Gasteiger partial charge is 0.450 e. The lowest BCUT2D eigenvalue weighted by molar-refractivity contribution is -0.117. The predicted molar refractivity (Wildman–Crippen MR) is 115 cm³/mol. The third-order valence-electron chi connectivity index (χ3n) is 7.97. The molecule has 162 valence electrons. The molecule has 1 spiro atoms. The van der Waals surface area contributed by atoms with E-state index >= 15 is 0 Å². The summed E-state index contributed by atoms with van der Waals surface area (Å²) >= 11 is 0. The van der Waals surface area contributed by atoms with E-state index in [0.29, 0.717) is 31.2 Å². The van der Waals surface area contributed by atoms with E-state index in [1.165, 1.54) is 0 Å². The molecule has 0 aromatic heterocycles. The molecule has 1 aromatic carbocycles. The quantitative estimate of drug-likeness (QED) is 0.759. The summed E-state index contributed by atoms with van der Waals surface area (Å²) in [6, 6.07) is 11.4. The minimum absolute atomic E-state index is 0.0143. The van der Waals surface area contributed by atoms with Gasteiger partial charge in [-0.25, -0.2) is 4.79 Å². The molecule has 6 heteroatoms. The van der Waals surface area contributed by atoms with Crippen LogP contribution in [0.3, 0.4) is 0 Å². The molecule has 4 aliphatic heterocycles. The Morgan fingerprint density at radius 1 is 1.03 bits per heavy atom. The number of hydrogen-bond acceptors (Lipinski definition) is 4. The van der Waals surface area contributed by atoms with E-state index in [-0.39, 0.29) is 17.5 Å². The molecule has 0 saturated carbocycles. The van der Waals surface area contributed by atoms with Crippen molar-refractivity contribution in [3.05, 3.63) is 30.3 Å². The minimum atomic E-state index is -0.121. The Bertz CT molecular complexity index is 776. The van der Waals surface area contributed by atoms with Crippen LogP contribution in [0.1, 0.15) is 58.3 Å². The van der Waals surface area contributed by atoms with Gasteiger partial charge in [-0.2, -0.15) is 0 Å². The van der Waals surface area contributed by atoms with Crippen molar-refractivity contribution in [1.29, 1.82) is 0 Å². The average Bonchev–Trinajstić information content (AvgIpc) is 3.22. The average molecular weight is 412 g/mol. The molecule has 0 radical (unpaired) electrons. The van der Waals surface area contributed by atoms with Gasteiger partial charge in [-0.1, -0.05) is 18.2 Å². The SMILES string of the molecule is CCOC(=O)N1C2CCC1CC(N1CCC3(CCC(=O)N3c3ccccc3)CC1)C2. The van der Waals surface area contributed by atoms with Crippen LogP contribution < -0.4 is 4.90 Å². The molecule has 4 heterocycles. The fraction of sp³-hybridized carbons (Fsp3) is 0.667. The second kappa shape index (κ2) is 7.88. The predicted octanol–water partition coefficient (Wildman–Crippen LogP) is 3.80. The van der Waals surface area contributed by atoms with Gasteiger partial charge in [-0.3, -0.25) is 4.79 Å². The molecular formula is C24H33N3O3. The summed E-state index contributed by atoms with van der Waals surface area (Å²) < 4.78 is 5.31. The van der Waals surface area contributed by atoms with Crippen LogP contribution in [0.5, 0.6) is 0 Å². The highest BCUT2D eigenvalue weighted by atomic mass is 16.6. The van der Waals surface area contributed by atoms with E-state index in [9.17, 15) is 9.59 Å². The molecule has 6 nitrogen and oxygen atoms in total. The number of carbonyl (C=O) groups is 2. The fourth-order valence-corrected chi connectivity index (χ4v) is 6.54. The number of likely N-dealkylation sites (tertiary alicyclic amines) is 1. The molecule has 2 bridgehead atoms. The zero-order valence-corrected chi connectivity index (χ0v) is 18.0. The number of amides is 2. The molecule has 2 unspecified atom stereocenters. The van der Waals surface area contributed by atoms with E-state index in [4.69, 9.17) is 4.74 Å². The topological polar surface area (TPSA) is 53.1 Å². The number of benzene rings is 1. The molecule has 4 aliphatic rings. The Kier molecular flexibility index (Phi) is 5.21. The molecule has 5 rings (SSSR count). The van der Waals surface area contributed by atoms with Crippen molar-refractivity contribution in [1.82, 2.24) is 9.80 Å². The third-order valence-corrected chi connectivity index (χ3v) is 7.97. The zero-order chi connectivity index (χ0) is 20.7. The number of hydrogen-bond donors (Lipinski definition) is 0. The maximum atomic E-state index is 12.7. The van der Waals surface area contributed by atoms with Crippen LogP contribution in [0, 0.1) is 0 Å². The molecular weight excluding hydrogens is 378 g/mol. The van der Waals surface area contributed by atoms with Crippen LogP contribution in [0.2, 0.25) is 0 Å². The number of para-hydroxylation sites is 1. The summed E-state index contributed by atoms with van der Waals surface area (Å²) in [6.07, 6.45) is 7.93. The molecule has 30 heavy (non-hydrogen) atoms. The zero-order valence-electron chi connectivity index (χ0n) is 18.0. The highest BCUT2D eigenvalue weighted by Gasteiger charge is 2.50. The van der Waals surface area contributed by atoms with Crippen molar-refractivity contribution in [2.75, 3.05) is 24.6 Å². The fourth-order valence-electron chi connectivity index (χ4n) is 6.54. The molecule has 0 N–H and O–H groups in total. The molecule has 2 amide bonds. The van der Waals surface area contributed by atoms with Gasteiger partial charge in [0.15, 0.2) is 0 Å². The molecule has 2 atom stereocenters. The Hall–Kier alpha value is -2.08. The summed E-state index contributed by atoms with van der Waals surface area (Å²) in [5.74, 6) is 0.274. The van der Waals surface area contributed by atoms with E-state index < -0.39 is 0 Å². The minimum Gasteiger partial charge on any atom is -0.450 e. The standard InChI is InChI=1S/C24H33N3O3/c1-2-30-23(29)26-19-8-9-20(26)17-21(16-19)25-14-12-24(13-15-25)11-10-22(28)27(24)18-6-4-3-5-7-18/h3-7,19-21H,2,8-17H2,1H3. The summed E-state index contributed by atoms with van der Waals surface area (Å²) in [7, 11) is 0. The van der Waals surface area contributed by atoms with Crippen LogP contribution in [-0.4, -0.2) is 65.2 Å². The van der Waals surface area contributed by atoms with Crippen molar-refractivity contribution in [2.45, 2.75) is 82.0 Å². The maximum absolute atomic E-state index is 12.7. The van der Waals surface area contributed by atoms with Gasteiger partial charge < -0.3 is 19.4 Å². The second-order valence-corrected chi connectivity index (χ2v) is 9.44. The Morgan fingerprint density at radius 2 is 1.70 bits per heavy atom. The summed E-state index contributed by atoms with van der Waals surface area (Å²) in [6.45, 7) is 4.41. The van der Waals surface area contributed by atoms with Crippen LogP contribution >= 0.6 is 0 Å².